The number of benzene rings is 2. The molecule has 1 aliphatic heterocycles. The van der Waals surface area contributed by atoms with E-state index in [0.29, 0.717) is 16.3 Å². The number of nitrogens with one attached hydrogen (secondary N) is 1. The number of carbonyl (C=O) groups is 1. The fourth-order valence-corrected chi connectivity index (χ4v) is 3.67. The van der Waals surface area contributed by atoms with E-state index >= 15 is 0 Å². The third-order valence-electron chi connectivity index (χ3n) is 2.96. The quantitative estimate of drug-likeness (QED) is 0.831. The summed E-state index contributed by atoms with van der Waals surface area (Å²) in [6.45, 7) is 0. The molecule has 6 heteroatoms. The second kappa shape index (κ2) is 5.41. The average Bonchev–Trinajstić information content (AvgIpc) is 2.69. The molecule has 1 atom stereocenters. The monoisotopic (exact) mass is 369 g/mol. The maximum absolute atomic E-state index is 11.4. The zero-order valence-corrected chi connectivity index (χ0v) is 13.2. The van der Waals surface area contributed by atoms with E-state index in [9.17, 15) is 9.90 Å². The van der Waals surface area contributed by atoms with Crippen LogP contribution in [0, 0.1) is 0 Å². The molecule has 1 amide bonds. The highest BCUT2D eigenvalue weighted by Gasteiger charge is 2.29. The normalized spacial score (nSPS) is 16.9. The van der Waals surface area contributed by atoms with Gasteiger partial charge in [-0.05, 0) is 40.2 Å². The van der Waals surface area contributed by atoms with Crippen LogP contribution in [0.4, 0.5) is 5.69 Å². The second-order valence-electron chi connectivity index (χ2n) is 4.29. The molecule has 3 nitrogen and oxygen atoms in total. The van der Waals surface area contributed by atoms with Crippen LogP contribution in [0.25, 0.3) is 0 Å². The van der Waals surface area contributed by atoms with Gasteiger partial charge < -0.3 is 10.4 Å². The first-order valence-corrected chi connectivity index (χ1v) is 7.80. The van der Waals surface area contributed by atoms with Gasteiger partial charge in [-0.25, -0.2) is 0 Å². The number of carbonyl (C=O) groups excluding carboxylic acids is 1. The van der Waals surface area contributed by atoms with Gasteiger partial charge in [0.1, 0.15) is 0 Å². The van der Waals surface area contributed by atoms with E-state index in [4.69, 9.17) is 11.6 Å². The molecule has 2 aromatic rings. The maximum Gasteiger partial charge on any atom is 0.257 e. The minimum Gasteiger partial charge on any atom is -0.378 e. The molecule has 0 saturated heterocycles. The smallest absolute Gasteiger partial charge is 0.257 e. The molecule has 0 bridgehead atoms. The van der Waals surface area contributed by atoms with Crippen molar-refractivity contribution in [1.29, 1.82) is 0 Å². The molecule has 0 fully saturated rings. The summed E-state index contributed by atoms with van der Waals surface area (Å²) >= 11 is 11.2. The van der Waals surface area contributed by atoms with E-state index < -0.39 is 12.0 Å². The van der Waals surface area contributed by atoms with Gasteiger partial charge >= 0.3 is 0 Å². The first-order chi connectivity index (χ1) is 9.56. The molecule has 20 heavy (non-hydrogen) atoms. The van der Waals surface area contributed by atoms with E-state index in [0.717, 1.165) is 14.3 Å². The number of hydrogen-bond acceptors (Lipinski definition) is 3. The molecule has 1 heterocycles. The summed E-state index contributed by atoms with van der Waals surface area (Å²) in [5.41, 5.74) is 1.14. The van der Waals surface area contributed by atoms with Crippen LogP contribution in [0.5, 0.6) is 0 Å². The minimum atomic E-state index is -1.13. The Morgan fingerprint density at radius 3 is 2.75 bits per heavy atom. The fraction of sp³-hybridized carbons (Fsp3) is 0.0714. The molecular weight excluding hydrogens is 362 g/mol. The molecule has 2 aromatic carbocycles. The Bertz CT molecular complexity index is 708. The van der Waals surface area contributed by atoms with Crippen molar-refractivity contribution in [1.82, 2.24) is 0 Å². The van der Waals surface area contributed by atoms with E-state index in [1.807, 2.05) is 24.3 Å². The summed E-state index contributed by atoms with van der Waals surface area (Å²) in [4.78, 5) is 13.3. The minimum absolute atomic E-state index is 0.417. The van der Waals surface area contributed by atoms with Crippen LogP contribution in [0.3, 0.4) is 0 Å². The average molecular weight is 371 g/mol. The van der Waals surface area contributed by atoms with Crippen molar-refractivity contribution in [2.24, 2.45) is 0 Å². The summed E-state index contributed by atoms with van der Waals surface area (Å²) in [7, 11) is 0. The van der Waals surface area contributed by atoms with Gasteiger partial charge in [0.25, 0.3) is 5.91 Å². The highest BCUT2D eigenvalue weighted by atomic mass is 79.9. The van der Waals surface area contributed by atoms with Crippen molar-refractivity contribution in [3.63, 3.8) is 0 Å². The SMILES string of the molecule is O=C1Nc2cc(Sc3ccccc3Br)c(Cl)cc2C1O. The van der Waals surface area contributed by atoms with Crippen molar-refractivity contribution >= 4 is 50.9 Å². The van der Waals surface area contributed by atoms with Gasteiger partial charge in [0.15, 0.2) is 6.10 Å². The zero-order valence-electron chi connectivity index (χ0n) is 10.1. The molecule has 0 radical (unpaired) electrons. The van der Waals surface area contributed by atoms with E-state index in [-0.39, 0.29) is 0 Å². The topological polar surface area (TPSA) is 49.3 Å². The Morgan fingerprint density at radius 2 is 2.00 bits per heavy atom. The van der Waals surface area contributed by atoms with E-state index in [2.05, 4.69) is 21.2 Å². The van der Waals surface area contributed by atoms with E-state index in [1.165, 1.54) is 11.8 Å². The highest BCUT2D eigenvalue weighted by molar-refractivity contribution is 9.10. The van der Waals surface area contributed by atoms with Gasteiger partial charge in [0, 0.05) is 25.5 Å². The van der Waals surface area contributed by atoms with Gasteiger partial charge in [-0.1, -0.05) is 35.5 Å². The van der Waals surface area contributed by atoms with Crippen LogP contribution in [0.15, 0.2) is 50.7 Å². The lowest BCUT2D eigenvalue weighted by atomic mass is 10.1. The number of aliphatic hydroxyl groups excluding tert-OH is 1. The number of fused-ring (bicyclic) bond motifs is 1. The van der Waals surface area contributed by atoms with Gasteiger partial charge in [0.05, 0.1) is 5.02 Å². The number of amides is 1. The second-order valence-corrected chi connectivity index (χ2v) is 6.64. The summed E-state index contributed by atoms with van der Waals surface area (Å²) in [6, 6.07) is 11.2. The lowest BCUT2D eigenvalue weighted by Crippen LogP contribution is -2.10. The van der Waals surface area contributed by atoms with Crippen LogP contribution < -0.4 is 5.32 Å². The molecule has 0 aliphatic carbocycles. The molecular formula is C14H9BrClNO2S. The Balaban J connectivity index is 1.99. The summed E-state index contributed by atoms with van der Waals surface area (Å²) < 4.78 is 0.977. The predicted molar refractivity (Wildman–Crippen MR) is 83.3 cm³/mol. The van der Waals surface area contributed by atoms with Crippen LogP contribution in [0.2, 0.25) is 5.02 Å². The van der Waals surface area contributed by atoms with Crippen LogP contribution in [0.1, 0.15) is 11.7 Å². The van der Waals surface area contributed by atoms with Gasteiger partial charge in [0.2, 0.25) is 0 Å². The Morgan fingerprint density at radius 1 is 1.25 bits per heavy atom. The number of aliphatic hydroxyl groups is 1. The molecule has 0 aromatic heterocycles. The Hall–Kier alpha value is -1.01. The highest BCUT2D eigenvalue weighted by Crippen LogP contribution is 2.42. The molecule has 0 saturated carbocycles. The maximum atomic E-state index is 11.4. The molecule has 0 spiro atoms. The van der Waals surface area contributed by atoms with Gasteiger partial charge in [-0.2, -0.15) is 0 Å². The van der Waals surface area contributed by atoms with Gasteiger partial charge in [-0.15, -0.1) is 0 Å². The molecule has 102 valence electrons. The fourth-order valence-electron chi connectivity index (χ4n) is 1.97. The van der Waals surface area contributed by atoms with Crippen molar-refractivity contribution in [2.45, 2.75) is 15.9 Å². The number of hydrogen-bond donors (Lipinski definition) is 2. The van der Waals surface area contributed by atoms with Crippen LogP contribution in [-0.4, -0.2) is 11.0 Å². The molecule has 1 aliphatic rings. The largest absolute Gasteiger partial charge is 0.378 e. The third kappa shape index (κ3) is 2.46. The molecule has 1 unspecified atom stereocenters. The number of rotatable bonds is 2. The Labute approximate surface area is 133 Å². The lowest BCUT2D eigenvalue weighted by Gasteiger charge is -2.09. The summed E-state index contributed by atoms with van der Waals surface area (Å²) in [6.07, 6.45) is -1.13. The first-order valence-electron chi connectivity index (χ1n) is 5.81. The van der Waals surface area contributed by atoms with Crippen molar-refractivity contribution < 1.29 is 9.90 Å². The van der Waals surface area contributed by atoms with Crippen LogP contribution in [-0.2, 0) is 4.79 Å². The zero-order chi connectivity index (χ0) is 14.3. The molecule has 3 rings (SSSR count). The summed E-state index contributed by atoms with van der Waals surface area (Å²) in [5.74, 6) is -0.417. The molecule has 2 N–H and O–H groups in total. The van der Waals surface area contributed by atoms with Crippen LogP contribution >= 0.6 is 39.3 Å². The first kappa shape index (κ1) is 13.9. The van der Waals surface area contributed by atoms with E-state index in [1.54, 1.807) is 12.1 Å². The third-order valence-corrected chi connectivity index (χ3v) is 5.47. The van der Waals surface area contributed by atoms with Crippen molar-refractivity contribution in [3.05, 3.63) is 51.5 Å². The predicted octanol–water partition coefficient (Wildman–Crippen LogP) is 4.24. The standard InChI is InChI=1S/C14H9BrClNO2S/c15-8-3-1-2-4-11(8)20-12-6-10-7(5-9(12)16)13(18)14(19)17-10/h1-6,13,18H,(H,17,19). The number of halogens is 2. The Kier molecular flexibility index (Phi) is 3.77. The number of anilines is 1. The lowest BCUT2D eigenvalue weighted by molar-refractivity contribution is -0.123. The van der Waals surface area contributed by atoms with Gasteiger partial charge in [-0.3, -0.25) is 4.79 Å². The van der Waals surface area contributed by atoms with Crippen molar-refractivity contribution in [3.8, 4) is 0 Å². The summed E-state index contributed by atoms with van der Waals surface area (Å²) in [5, 5.41) is 12.9. The van der Waals surface area contributed by atoms with Crippen molar-refractivity contribution in [2.75, 3.05) is 5.32 Å².